The molecule has 0 aliphatic carbocycles. The van der Waals surface area contributed by atoms with E-state index in [0.29, 0.717) is 0 Å². The second kappa shape index (κ2) is 7.52. The summed E-state index contributed by atoms with van der Waals surface area (Å²) in [6.07, 6.45) is 5.17. The van der Waals surface area contributed by atoms with Gasteiger partial charge < -0.3 is 9.80 Å². The van der Waals surface area contributed by atoms with E-state index in [4.69, 9.17) is 11.6 Å². The summed E-state index contributed by atoms with van der Waals surface area (Å²) < 4.78 is 0. The van der Waals surface area contributed by atoms with E-state index < -0.39 is 0 Å². The normalized spacial score (nSPS) is 24.2. The zero-order chi connectivity index (χ0) is 12.0. The molecule has 2 atom stereocenters. The van der Waals surface area contributed by atoms with E-state index in [1.165, 1.54) is 38.9 Å². The van der Waals surface area contributed by atoms with Gasteiger partial charge in [-0.15, -0.1) is 11.6 Å². The fourth-order valence-corrected chi connectivity index (χ4v) is 2.80. The number of hydrogen-bond donors (Lipinski definition) is 0. The van der Waals surface area contributed by atoms with Gasteiger partial charge in [-0.25, -0.2) is 0 Å². The average Bonchev–Trinajstić information content (AvgIpc) is 2.62. The van der Waals surface area contributed by atoms with E-state index in [1.54, 1.807) is 0 Å². The number of halogens is 1. The molecule has 16 heavy (non-hydrogen) atoms. The third-order valence-corrected chi connectivity index (χ3v) is 4.02. The molecule has 96 valence electrons. The molecule has 0 saturated carbocycles. The summed E-state index contributed by atoms with van der Waals surface area (Å²) in [7, 11) is 4.50. The van der Waals surface area contributed by atoms with Crippen molar-refractivity contribution in [3.63, 3.8) is 0 Å². The van der Waals surface area contributed by atoms with Gasteiger partial charge in [0.25, 0.3) is 0 Å². The summed E-state index contributed by atoms with van der Waals surface area (Å²) >= 11 is 5.75. The molecular weight excluding hydrogens is 220 g/mol. The number of likely N-dealkylation sites (N-methyl/N-ethyl adjacent to an activating group) is 2. The van der Waals surface area contributed by atoms with Crippen molar-refractivity contribution in [2.45, 2.75) is 38.6 Å². The number of rotatable bonds is 7. The molecule has 1 aliphatic rings. The molecule has 1 rings (SSSR count). The van der Waals surface area contributed by atoms with Crippen LogP contribution in [0, 0.1) is 5.92 Å². The lowest BCUT2D eigenvalue weighted by atomic mass is 10.0. The second-order valence-electron chi connectivity index (χ2n) is 5.41. The van der Waals surface area contributed by atoms with E-state index in [2.05, 4.69) is 30.8 Å². The van der Waals surface area contributed by atoms with Crippen LogP contribution in [0.2, 0.25) is 0 Å². The second-order valence-corrected chi connectivity index (χ2v) is 5.79. The molecule has 2 unspecified atom stereocenters. The Morgan fingerprint density at radius 2 is 2.19 bits per heavy atom. The fraction of sp³-hybridized carbons (Fsp3) is 1.00. The van der Waals surface area contributed by atoms with Crippen LogP contribution in [0.15, 0.2) is 0 Å². The van der Waals surface area contributed by atoms with E-state index in [1.807, 2.05) is 0 Å². The molecule has 0 amide bonds. The molecule has 0 aromatic rings. The summed E-state index contributed by atoms with van der Waals surface area (Å²) in [4.78, 5) is 4.98. The van der Waals surface area contributed by atoms with Gasteiger partial charge in [-0.1, -0.05) is 6.92 Å². The molecular formula is C13H27ClN2. The molecule has 0 bridgehead atoms. The Bertz CT molecular complexity index is 187. The Kier molecular flexibility index (Phi) is 6.71. The van der Waals surface area contributed by atoms with E-state index >= 15 is 0 Å². The highest BCUT2D eigenvalue weighted by molar-refractivity contribution is 6.17. The summed E-state index contributed by atoms with van der Waals surface area (Å²) in [6.45, 7) is 6.02. The maximum atomic E-state index is 5.75. The Labute approximate surface area is 106 Å². The van der Waals surface area contributed by atoms with Crippen LogP contribution in [-0.2, 0) is 0 Å². The Balaban J connectivity index is 2.12. The lowest BCUT2D eigenvalue weighted by Crippen LogP contribution is -2.37. The Morgan fingerprint density at radius 3 is 2.75 bits per heavy atom. The molecule has 0 spiro atoms. The van der Waals surface area contributed by atoms with Gasteiger partial charge in [0.1, 0.15) is 0 Å². The average molecular weight is 247 g/mol. The summed E-state index contributed by atoms with van der Waals surface area (Å²) in [6, 6.07) is 0.785. The van der Waals surface area contributed by atoms with Crippen LogP contribution in [0.5, 0.6) is 0 Å². The van der Waals surface area contributed by atoms with Crippen LogP contribution >= 0.6 is 11.6 Å². The van der Waals surface area contributed by atoms with Crippen LogP contribution in [-0.4, -0.2) is 55.5 Å². The predicted molar refractivity (Wildman–Crippen MR) is 72.3 cm³/mol. The molecule has 1 saturated heterocycles. The van der Waals surface area contributed by atoms with E-state index in [0.717, 1.165) is 24.3 Å². The van der Waals surface area contributed by atoms with Gasteiger partial charge in [0, 0.05) is 18.5 Å². The molecule has 1 aliphatic heterocycles. The van der Waals surface area contributed by atoms with Crippen molar-refractivity contribution in [3.05, 3.63) is 0 Å². The smallest absolute Gasteiger partial charge is 0.0225 e. The topological polar surface area (TPSA) is 6.48 Å². The molecule has 0 aromatic carbocycles. The van der Waals surface area contributed by atoms with Crippen LogP contribution < -0.4 is 0 Å². The first-order valence-corrected chi connectivity index (χ1v) is 7.11. The minimum absolute atomic E-state index is 0.765. The number of alkyl halides is 1. The predicted octanol–water partition coefficient (Wildman–Crippen LogP) is 2.67. The van der Waals surface area contributed by atoms with E-state index in [-0.39, 0.29) is 0 Å². The molecule has 0 N–H and O–H groups in total. The van der Waals surface area contributed by atoms with Crippen molar-refractivity contribution in [1.29, 1.82) is 0 Å². The van der Waals surface area contributed by atoms with Crippen LogP contribution in [0.1, 0.15) is 32.6 Å². The zero-order valence-electron chi connectivity index (χ0n) is 11.1. The van der Waals surface area contributed by atoms with Gasteiger partial charge in [0.15, 0.2) is 0 Å². The third kappa shape index (κ3) is 5.03. The molecule has 3 heteroatoms. The van der Waals surface area contributed by atoms with Gasteiger partial charge in [0.05, 0.1) is 0 Å². The standard InChI is InChI=1S/C13H27ClN2/c1-12(6-8-14)7-10-15(2)11-13-5-4-9-16(13)3/h12-13H,4-11H2,1-3H3. The Morgan fingerprint density at radius 1 is 1.44 bits per heavy atom. The zero-order valence-corrected chi connectivity index (χ0v) is 11.8. The first-order chi connectivity index (χ1) is 7.63. The first-order valence-electron chi connectivity index (χ1n) is 6.58. The first kappa shape index (κ1) is 14.3. The summed E-state index contributed by atoms with van der Waals surface area (Å²) in [5.41, 5.74) is 0. The monoisotopic (exact) mass is 246 g/mol. The highest BCUT2D eigenvalue weighted by atomic mass is 35.5. The van der Waals surface area contributed by atoms with Crippen molar-refractivity contribution in [3.8, 4) is 0 Å². The minimum atomic E-state index is 0.765. The van der Waals surface area contributed by atoms with Crippen LogP contribution in [0.3, 0.4) is 0 Å². The number of likely N-dealkylation sites (tertiary alicyclic amines) is 1. The molecule has 0 radical (unpaired) electrons. The Hall–Kier alpha value is 0.210. The fourth-order valence-electron chi connectivity index (χ4n) is 2.43. The third-order valence-electron chi connectivity index (χ3n) is 3.80. The maximum absolute atomic E-state index is 5.75. The number of hydrogen-bond acceptors (Lipinski definition) is 2. The van der Waals surface area contributed by atoms with Crippen molar-refractivity contribution in [2.75, 3.05) is 39.6 Å². The van der Waals surface area contributed by atoms with E-state index in [9.17, 15) is 0 Å². The quantitative estimate of drug-likeness (QED) is 0.638. The SMILES string of the molecule is CC(CCCl)CCN(C)CC1CCCN1C. The molecule has 1 heterocycles. The largest absolute Gasteiger partial charge is 0.305 e. The van der Waals surface area contributed by atoms with Gasteiger partial charge >= 0.3 is 0 Å². The molecule has 1 fully saturated rings. The van der Waals surface area contributed by atoms with Crippen molar-refractivity contribution < 1.29 is 0 Å². The van der Waals surface area contributed by atoms with Gasteiger partial charge in [-0.2, -0.15) is 0 Å². The number of nitrogens with zero attached hydrogens (tertiary/aromatic N) is 2. The highest BCUT2D eigenvalue weighted by Crippen LogP contribution is 2.16. The molecule has 0 aromatic heterocycles. The van der Waals surface area contributed by atoms with Crippen LogP contribution in [0.25, 0.3) is 0 Å². The summed E-state index contributed by atoms with van der Waals surface area (Å²) in [5, 5.41) is 0. The minimum Gasteiger partial charge on any atom is -0.305 e. The van der Waals surface area contributed by atoms with Crippen molar-refractivity contribution in [1.82, 2.24) is 9.80 Å². The van der Waals surface area contributed by atoms with Gasteiger partial charge in [-0.3, -0.25) is 0 Å². The van der Waals surface area contributed by atoms with Crippen LogP contribution in [0.4, 0.5) is 0 Å². The van der Waals surface area contributed by atoms with Crippen molar-refractivity contribution in [2.24, 2.45) is 5.92 Å². The van der Waals surface area contributed by atoms with Crippen molar-refractivity contribution >= 4 is 11.6 Å². The van der Waals surface area contributed by atoms with Gasteiger partial charge in [0.2, 0.25) is 0 Å². The van der Waals surface area contributed by atoms with Gasteiger partial charge in [-0.05, 0) is 58.8 Å². The highest BCUT2D eigenvalue weighted by Gasteiger charge is 2.21. The molecule has 2 nitrogen and oxygen atoms in total. The lowest BCUT2D eigenvalue weighted by Gasteiger charge is -2.26. The lowest BCUT2D eigenvalue weighted by molar-refractivity contribution is 0.212. The maximum Gasteiger partial charge on any atom is 0.0225 e. The summed E-state index contributed by atoms with van der Waals surface area (Å²) in [5.74, 6) is 1.57.